The van der Waals surface area contributed by atoms with Crippen LogP contribution < -0.4 is 4.90 Å². The molecule has 4 aliphatic rings. The van der Waals surface area contributed by atoms with Gasteiger partial charge in [-0.15, -0.1) is 0 Å². The summed E-state index contributed by atoms with van der Waals surface area (Å²) in [6, 6.07) is 0. The van der Waals surface area contributed by atoms with E-state index in [2.05, 4.69) is 4.90 Å². The van der Waals surface area contributed by atoms with Crippen LogP contribution in [0.5, 0.6) is 0 Å². The molecule has 1 aromatic rings. The number of anilines is 1. The maximum Gasteiger partial charge on any atom is 0.232 e. The minimum absolute atomic E-state index is 0.153. The summed E-state index contributed by atoms with van der Waals surface area (Å²) in [6.45, 7) is 5.75. The highest BCUT2D eigenvalue weighted by atomic mass is 32.2. The zero-order valence-corrected chi connectivity index (χ0v) is 18.3. The van der Waals surface area contributed by atoms with Crippen LogP contribution in [0.2, 0.25) is 0 Å². The van der Waals surface area contributed by atoms with E-state index in [4.69, 9.17) is 24.2 Å². The summed E-state index contributed by atoms with van der Waals surface area (Å²) in [5.74, 6) is 1.03. The summed E-state index contributed by atoms with van der Waals surface area (Å²) in [6.07, 6.45) is 5.84. The number of carbonyl (C=O) groups excluding carboxylic acids is 1. The zero-order valence-electron chi connectivity index (χ0n) is 17.4. The van der Waals surface area contributed by atoms with E-state index in [0.29, 0.717) is 45.3 Å². The van der Waals surface area contributed by atoms with Gasteiger partial charge in [0.05, 0.1) is 43.6 Å². The van der Waals surface area contributed by atoms with E-state index < -0.39 is 5.79 Å². The molecule has 3 fully saturated rings. The standard InChI is InChI=1S/C21H30N4O4S/c26-18(24-7-5-21(6-8-24)28-13-14-29-21)15-30-20-19(25-9-11-27-12-10-25)22-16-3-1-2-4-17(16)23-20/h1-15H2. The highest BCUT2D eigenvalue weighted by molar-refractivity contribution is 8.00. The number of nitrogens with zero attached hydrogens (tertiary/aromatic N) is 4. The van der Waals surface area contributed by atoms with E-state index >= 15 is 0 Å². The Morgan fingerprint density at radius 3 is 2.30 bits per heavy atom. The van der Waals surface area contributed by atoms with Gasteiger partial charge in [-0.05, 0) is 25.7 Å². The van der Waals surface area contributed by atoms with Gasteiger partial charge >= 0.3 is 0 Å². The molecule has 0 unspecified atom stereocenters. The quantitative estimate of drug-likeness (QED) is 0.662. The molecule has 164 valence electrons. The Morgan fingerprint density at radius 1 is 0.933 bits per heavy atom. The van der Waals surface area contributed by atoms with E-state index in [1.807, 2.05) is 4.90 Å². The molecule has 1 aliphatic carbocycles. The maximum atomic E-state index is 12.9. The Bertz CT molecular complexity index is 771. The number of hydrogen-bond donors (Lipinski definition) is 0. The summed E-state index contributed by atoms with van der Waals surface area (Å²) >= 11 is 1.53. The summed E-state index contributed by atoms with van der Waals surface area (Å²) in [4.78, 5) is 27.1. The third kappa shape index (κ3) is 4.30. The second-order valence-corrected chi connectivity index (χ2v) is 9.29. The van der Waals surface area contributed by atoms with Crippen LogP contribution in [-0.2, 0) is 31.8 Å². The number of thioether (sulfide) groups is 1. The molecule has 1 amide bonds. The topological polar surface area (TPSA) is 77.0 Å². The molecular weight excluding hydrogens is 404 g/mol. The molecule has 0 bridgehead atoms. The third-order valence-electron chi connectivity index (χ3n) is 6.41. The van der Waals surface area contributed by atoms with Crippen molar-refractivity contribution >= 4 is 23.5 Å². The van der Waals surface area contributed by atoms with E-state index in [-0.39, 0.29) is 5.91 Å². The molecule has 30 heavy (non-hydrogen) atoms. The van der Waals surface area contributed by atoms with Gasteiger partial charge < -0.3 is 24.0 Å². The Labute approximate surface area is 181 Å². The van der Waals surface area contributed by atoms with Crippen LogP contribution in [0.4, 0.5) is 5.82 Å². The monoisotopic (exact) mass is 434 g/mol. The molecule has 8 nitrogen and oxygen atoms in total. The number of aromatic nitrogens is 2. The minimum atomic E-state index is -0.447. The first-order valence-electron chi connectivity index (χ1n) is 11.1. The average molecular weight is 435 g/mol. The normalized spacial score (nSPS) is 23.6. The summed E-state index contributed by atoms with van der Waals surface area (Å²) in [5, 5.41) is 0.891. The number of piperidine rings is 1. The highest BCUT2D eigenvalue weighted by Gasteiger charge is 2.40. The van der Waals surface area contributed by atoms with Crippen molar-refractivity contribution in [2.45, 2.75) is 49.3 Å². The fourth-order valence-corrected chi connectivity index (χ4v) is 5.57. The summed E-state index contributed by atoms with van der Waals surface area (Å²) < 4.78 is 17.1. The summed E-state index contributed by atoms with van der Waals surface area (Å²) in [5.41, 5.74) is 2.25. The van der Waals surface area contributed by atoms with Crippen molar-refractivity contribution in [3.63, 3.8) is 0 Å². The van der Waals surface area contributed by atoms with Gasteiger partial charge in [-0.1, -0.05) is 11.8 Å². The Balaban J connectivity index is 1.26. The van der Waals surface area contributed by atoms with Crippen molar-refractivity contribution in [3.8, 4) is 0 Å². The molecule has 3 aliphatic heterocycles. The van der Waals surface area contributed by atoms with Crippen molar-refractivity contribution in [1.29, 1.82) is 0 Å². The van der Waals surface area contributed by atoms with Crippen molar-refractivity contribution < 1.29 is 19.0 Å². The number of amides is 1. The second kappa shape index (κ2) is 8.98. The van der Waals surface area contributed by atoms with Crippen LogP contribution in [0.15, 0.2) is 5.03 Å². The van der Waals surface area contributed by atoms with Gasteiger partial charge in [-0.25, -0.2) is 9.97 Å². The molecule has 0 saturated carbocycles. The lowest BCUT2D eigenvalue weighted by atomic mass is 10.0. The molecule has 1 spiro atoms. The molecule has 9 heteroatoms. The van der Waals surface area contributed by atoms with Crippen molar-refractivity contribution in [2.75, 3.05) is 63.3 Å². The minimum Gasteiger partial charge on any atom is -0.378 e. The number of morpholine rings is 1. The fourth-order valence-electron chi connectivity index (χ4n) is 4.64. The third-order valence-corrected chi connectivity index (χ3v) is 7.35. The number of likely N-dealkylation sites (tertiary alicyclic amines) is 1. The van der Waals surface area contributed by atoms with Crippen molar-refractivity contribution in [1.82, 2.24) is 14.9 Å². The lowest BCUT2D eigenvalue weighted by Gasteiger charge is -2.37. The lowest BCUT2D eigenvalue weighted by Crippen LogP contribution is -2.47. The molecule has 0 atom stereocenters. The van der Waals surface area contributed by atoms with Crippen molar-refractivity contribution in [3.05, 3.63) is 11.4 Å². The van der Waals surface area contributed by atoms with E-state index in [1.165, 1.54) is 24.6 Å². The lowest BCUT2D eigenvalue weighted by molar-refractivity contribution is -0.186. The summed E-state index contributed by atoms with van der Waals surface area (Å²) in [7, 11) is 0. The Kier molecular flexibility index (Phi) is 6.13. The Morgan fingerprint density at radius 2 is 1.60 bits per heavy atom. The van der Waals surface area contributed by atoms with Crippen LogP contribution in [0.25, 0.3) is 0 Å². The van der Waals surface area contributed by atoms with Gasteiger partial charge in [-0.3, -0.25) is 4.79 Å². The molecule has 1 aromatic heterocycles. The molecule has 0 radical (unpaired) electrons. The van der Waals surface area contributed by atoms with Gasteiger partial charge in [0.1, 0.15) is 5.03 Å². The van der Waals surface area contributed by atoms with Crippen LogP contribution in [0, 0.1) is 0 Å². The second-order valence-electron chi connectivity index (χ2n) is 8.33. The number of rotatable bonds is 4. The van der Waals surface area contributed by atoms with Crippen molar-refractivity contribution in [2.24, 2.45) is 0 Å². The molecule has 0 N–H and O–H groups in total. The number of carbonyl (C=O) groups is 1. The van der Waals surface area contributed by atoms with Gasteiger partial charge in [0.15, 0.2) is 11.6 Å². The first kappa shape index (κ1) is 20.5. The van der Waals surface area contributed by atoms with Gasteiger partial charge in [-0.2, -0.15) is 0 Å². The molecule has 5 rings (SSSR count). The smallest absolute Gasteiger partial charge is 0.232 e. The van der Waals surface area contributed by atoms with E-state index in [0.717, 1.165) is 61.0 Å². The fraction of sp³-hybridized carbons (Fsp3) is 0.762. The number of ether oxygens (including phenoxy) is 3. The maximum absolute atomic E-state index is 12.9. The number of fused-ring (bicyclic) bond motifs is 1. The largest absolute Gasteiger partial charge is 0.378 e. The molecule has 3 saturated heterocycles. The Hall–Kier alpha value is -1.42. The van der Waals surface area contributed by atoms with Gasteiger partial charge in [0, 0.05) is 39.0 Å². The molecule has 4 heterocycles. The molecular formula is C21H30N4O4S. The van der Waals surface area contributed by atoms with Crippen LogP contribution in [-0.4, -0.2) is 84.9 Å². The van der Waals surface area contributed by atoms with Crippen LogP contribution in [0.3, 0.4) is 0 Å². The molecule has 0 aromatic carbocycles. The zero-order chi connectivity index (χ0) is 20.4. The predicted molar refractivity (Wildman–Crippen MR) is 113 cm³/mol. The number of aryl methyl sites for hydroxylation is 2. The highest BCUT2D eigenvalue weighted by Crippen LogP contribution is 2.33. The first-order chi connectivity index (χ1) is 14.7. The van der Waals surface area contributed by atoms with E-state index in [1.54, 1.807) is 0 Å². The van der Waals surface area contributed by atoms with E-state index in [9.17, 15) is 4.79 Å². The number of hydrogen-bond acceptors (Lipinski definition) is 8. The SMILES string of the molecule is O=C(CSc1nc2c(nc1N1CCOCC1)CCCC2)N1CCC2(CC1)OCCO2. The van der Waals surface area contributed by atoms with Gasteiger partial charge in [0.2, 0.25) is 5.91 Å². The predicted octanol–water partition coefficient (Wildman–Crippen LogP) is 1.65. The first-order valence-corrected chi connectivity index (χ1v) is 12.1. The van der Waals surface area contributed by atoms with Crippen LogP contribution in [0.1, 0.15) is 37.1 Å². The van der Waals surface area contributed by atoms with Crippen LogP contribution >= 0.6 is 11.8 Å². The average Bonchev–Trinajstić information content (AvgIpc) is 3.25. The van der Waals surface area contributed by atoms with Gasteiger partial charge in [0.25, 0.3) is 0 Å².